The Bertz CT molecular complexity index is 849. The normalized spacial score (nSPS) is 22.3. The summed E-state index contributed by atoms with van der Waals surface area (Å²) in [4.78, 5) is 4.19. The van der Waals surface area contributed by atoms with Crippen LogP contribution in [0.5, 0.6) is 0 Å². The first-order valence-corrected chi connectivity index (χ1v) is 8.02. The molecule has 1 unspecified atom stereocenters. The highest BCUT2D eigenvalue weighted by Gasteiger charge is 2.40. The fraction of sp³-hybridized carbons (Fsp3) is 0.267. The lowest BCUT2D eigenvalue weighted by molar-refractivity contribution is 0.301. The zero-order valence-electron chi connectivity index (χ0n) is 11.9. The molecule has 0 bridgehead atoms. The van der Waals surface area contributed by atoms with Gasteiger partial charge < -0.3 is 4.74 Å². The molecule has 1 aliphatic rings. The van der Waals surface area contributed by atoms with E-state index < -0.39 is 14.8 Å². The van der Waals surface area contributed by atoms with E-state index in [1.165, 1.54) is 11.1 Å². The minimum absolute atomic E-state index is 0.398. The molecule has 0 fully saturated rings. The minimum atomic E-state index is -3.64. The van der Waals surface area contributed by atoms with E-state index in [1.54, 1.807) is 43.6 Å². The van der Waals surface area contributed by atoms with Crippen LogP contribution in [0, 0.1) is 0 Å². The van der Waals surface area contributed by atoms with Gasteiger partial charge in [0.25, 0.3) is 0 Å². The molecule has 0 aromatic carbocycles. The van der Waals surface area contributed by atoms with Crippen molar-refractivity contribution >= 4 is 21.1 Å². The number of aromatic nitrogens is 2. The number of pyridine rings is 1. The van der Waals surface area contributed by atoms with Gasteiger partial charge >= 0.3 is 0 Å². The lowest BCUT2D eigenvalue weighted by Crippen LogP contribution is -2.38. The Morgan fingerprint density at radius 1 is 1.38 bits per heavy atom. The summed E-state index contributed by atoms with van der Waals surface area (Å²) >= 11 is 0. The Morgan fingerprint density at radius 2 is 2.19 bits per heavy atom. The Kier molecular flexibility index (Phi) is 3.13. The molecule has 6 heteroatoms. The molecule has 0 N–H and O–H groups in total. The van der Waals surface area contributed by atoms with Crippen LogP contribution >= 0.6 is 0 Å². The van der Waals surface area contributed by atoms with E-state index >= 15 is 0 Å². The van der Waals surface area contributed by atoms with Crippen molar-refractivity contribution in [2.45, 2.75) is 18.1 Å². The summed E-state index contributed by atoms with van der Waals surface area (Å²) in [5.41, 5.74) is 0.445. The van der Waals surface area contributed by atoms with E-state index in [-0.39, 0.29) is 0 Å². The summed E-state index contributed by atoms with van der Waals surface area (Å²) in [6.45, 7) is 1.69. The van der Waals surface area contributed by atoms with Crippen LogP contribution in [0.2, 0.25) is 0 Å². The van der Waals surface area contributed by atoms with Gasteiger partial charge in [0.1, 0.15) is 10.5 Å². The Hall–Kier alpha value is -2.08. The molecule has 0 saturated heterocycles. The van der Waals surface area contributed by atoms with Crippen molar-refractivity contribution in [3.05, 3.63) is 54.6 Å². The average molecular weight is 304 g/mol. The van der Waals surface area contributed by atoms with Crippen molar-refractivity contribution in [3.8, 4) is 0 Å². The molecule has 21 heavy (non-hydrogen) atoms. The number of methoxy groups -OCH3 is 1. The molecule has 0 aliphatic heterocycles. The van der Waals surface area contributed by atoms with Gasteiger partial charge in [-0.25, -0.2) is 17.4 Å². The molecule has 2 heterocycles. The molecule has 5 nitrogen and oxygen atoms in total. The maximum absolute atomic E-state index is 13.0. The van der Waals surface area contributed by atoms with E-state index in [0.717, 1.165) is 5.39 Å². The Morgan fingerprint density at radius 3 is 2.95 bits per heavy atom. The summed E-state index contributed by atoms with van der Waals surface area (Å²) in [5.74, 6) is 0.553. The third kappa shape index (κ3) is 2.06. The number of hydrogen-bond acceptors (Lipinski definition) is 4. The number of fused-ring (bicyclic) bond motifs is 1. The Balaban J connectivity index is 2.17. The van der Waals surface area contributed by atoms with Gasteiger partial charge in [0.05, 0.1) is 7.11 Å². The highest BCUT2D eigenvalue weighted by molar-refractivity contribution is 7.91. The van der Waals surface area contributed by atoms with Crippen LogP contribution in [0.1, 0.15) is 13.3 Å². The summed E-state index contributed by atoms with van der Waals surface area (Å²) < 4.78 is 31.4. The van der Waals surface area contributed by atoms with Gasteiger partial charge in [-0.3, -0.25) is 0 Å². The van der Waals surface area contributed by atoms with Gasteiger partial charge in [0.2, 0.25) is 10.0 Å². The first-order chi connectivity index (χ1) is 9.98. The van der Waals surface area contributed by atoms with E-state index in [9.17, 15) is 8.42 Å². The smallest absolute Gasteiger partial charge is 0.249 e. The van der Waals surface area contributed by atoms with Crippen LogP contribution in [-0.4, -0.2) is 29.2 Å². The molecule has 1 atom stereocenters. The highest BCUT2D eigenvalue weighted by atomic mass is 32.2. The van der Waals surface area contributed by atoms with E-state index in [4.69, 9.17) is 4.74 Å². The molecular formula is C15H16N2O3S. The SMILES string of the molecule is COC1=CC(C)(S(=O)(=O)n2ccc3cccnc32)CC=C1. The van der Waals surface area contributed by atoms with Gasteiger partial charge in [0, 0.05) is 17.8 Å². The van der Waals surface area contributed by atoms with Crippen molar-refractivity contribution in [3.63, 3.8) is 0 Å². The van der Waals surface area contributed by atoms with Gasteiger partial charge in [-0.05, 0) is 43.7 Å². The fourth-order valence-corrected chi connectivity index (χ4v) is 4.11. The summed E-state index contributed by atoms with van der Waals surface area (Å²) in [7, 11) is -2.11. The lowest BCUT2D eigenvalue weighted by atomic mass is 10.0. The van der Waals surface area contributed by atoms with Crippen LogP contribution in [0.15, 0.2) is 54.6 Å². The molecule has 0 saturated carbocycles. The quantitative estimate of drug-likeness (QED) is 0.874. The number of rotatable bonds is 3. The predicted molar refractivity (Wildman–Crippen MR) is 81.3 cm³/mol. The van der Waals surface area contributed by atoms with Crippen LogP contribution in [0.25, 0.3) is 11.0 Å². The number of hydrogen-bond donors (Lipinski definition) is 0. The third-order valence-corrected chi connectivity index (χ3v) is 6.03. The van der Waals surface area contributed by atoms with Crippen LogP contribution in [0.4, 0.5) is 0 Å². The molecule has 2 aromatic heterocycles. The van der Waals surface area contributed by atoms with E-state index in [2.05, 4.69) is 4.98 Å². The molecule has 110 valence electrons. The van der Waals surface area contributed by atoms with Crippen molar-refractivity contribution < 1.29 is 13.2 Å². The van der Waals surface area contributed by atoms with Crippen LogP contribution in [0.3, 0.4) is 0 Å². The van der Waals surface area contributed by atoms with Gasteiger partial charge in [0.15, 0.2) is 5.65 Å². The monoisotopic (exact) mass is 304 g/mol. The molecule has 2 aromatic rings. The van der Waals surface area contributed by atoms with E-state index in [0.29, 0.717) is 17.8 Å². The van der Waals surface area contributed by atoms with Gasteiger partial charge in [-0.2, -0.15) is 0 Å². The average Bonchev–Trinajstić information content (AvgIpc) is 2.91. The molecular weight excluding hydrogens is 288 g/mol. The maximum Gasteiger partial charge on any atom is 0.249 e. The zero-order chi connectivity index (χ0) is 15.1. The van der Waals surface area contributed by atoms with E-state index in [1.807, 2.05) is 12.1 Å². The summed E-state index contributed by atoms with van der Waals surface area (Å²) in [6, 6.07) is 5.38. The standard InChI is InChI=1S/C15H16N2O3S/c1-15(8-3-6-13(11-15)20-2)21(18,19)17-10-7-12-5-4-9-16-14(12)17/h3-7,9-11H,8H2,1-2H3. The summed E-state index contributed by atoms with van der Waals surface area (Å²) in [5, 5.41) is 0.798. The number of nitrogens with zero attached hydrogens (tertiary/aromatic N) is 2. The lowest BCUT2D eigenvalue weighted by Gasteiger charge is -2.28. The van der Waals surface area contributed by atoms with Crippen molar-refractivity contribution in [1.29, 1.82) is 0 Å². The third-order valence-electron chi connectivity index (χ3n) is 3.75. The van der Waals surface area contributed by atoms with Gasteiger partial charge in [-0.15, -0.1) is 0 Å². The molecule has 1 aliphatic carbocycles. The Labute approximate surface area is 123 Å². The zero-order valence-corrected chi connectivity index (χ0v) is 12.7. The number of allylic oxidation sites excluding steroid dienone is 2. The predicted octanol–water partition coefficient (Wildman–Crippen LogP) is 2.46. The second kappa shape index (κ2) is 4.73. The van der Waals surface area contributed by atoms with Crippen molar-refractivity contribution in [1.82, 2.24) is 8.96 Å². The fourth-order valence-electron chi connectivity index (χ4n) is 2.48. The minimum Gasteiger partial charge on any atom is -0.497 e. The topological polar surface area (TPSA) is 61.2 Å². The maximum atomic E-state index is 13.0. The largest absolute Gasteiger partial charge is 0.497 e. The van der Waals surface area contributed by atoms with Crippen molar-refractivity contribution in [2.24, 2.45) is 0 Å². The molecule has 0 spiro atoms. The molecule has 0 radical (unpaired) electrons. The van der Waals surface area contributed by atoms with Crippen LogP contribution in [-0.2, 0) is 14.8 Å². The molecule has 0 amide bonds. The number of ether oxygens (including phenoxy) is 1. The van der Waals surface area contributed by atoms with Crippen LogP contribution < -0.4 is 0 Å². The summed E-state index contributed by atoms with van der Waals surface area (Å²) in [6.07, 6.45) is 8.79. The van der Waals surface area contributed by atoms with Crippen molar-refractivity contribution in [2.75, 3.05) is 7.11 Å². The first-order valence-electron chi connectivity index (χ1n) is 6.58. The second-order valence-electron chi connectivity index (χ2n) is 5.20. The molecule has 3 rings (SSSR count). The first kappa shape index (κ1) is 13.9. The second-order valence-corrected chi connectivity index (χ2v) is 7.48. The highest BCUT2D eigenvalue weighted by Crippen LogP contribution is 2.32. The van der Waals surface area contributed by atoms with Gasteiger partial charge in [-0.1, -0.05) is 6.08 Å².